The Morgan fingerprint density at radius 1 is 1.08 bits per heavy atom. The molecule has 1 fully saturated rings. The second-order valence-corrected chi connectivity index (χ2v) is 7.40. The minimum Gasteiger partial charge on any atom is -0.481 e. The van der Waals surface area contributed by atoms with Crippen LogP contribution in [0.15, 0.2) is 0 Å². The smallest absolute Gasteiger partial charge is 0.309 e. The topological polar surface area (TPSA) is 63.6 Å². The Bertz CT molecular complexity index is 380. The first-order valence-electron chi connectivity index (χ1n) is 9.94. The van der Waals surface area contributed by atoms with E-state index in [1.54, 1.807) is 0 Å². The minimum atomic E-state index is -0.775. The van der Waals surface area contributed by atoms with E-state index in [2.05, 4.69) is 20.8 Å². The molecular weight excluding hydrogens is 304 g/mol. The number of aliphatic carboxylic acids is 1. The van der Waals surface area contributed by atoms with Crippen molar-refractivity contribution < 1.29 is 19.4 Å². The number of rotatable bonds is 11. The predicted molar refractivity (Wildman–Crippen MR) is 95.8 cm³/mol. The molecule has 0 radical (unpaired) electrons. The maximum atomic E-state index is 12.5. The minimum absolute atomic E-state index is 0.00508. The monoisotopic (exact) mass is 340 g/mol. The molecule has 0 aromatic rings. The van der Waals surface area contributed by atoms with E-state index in [9.17, 15) is 14.7 Å². The standard InChI is InChI=1S/C20H36O4/c1-4-7-10-15(6-3)13-18(9-5-2)24-20(23)17-12-8-11-16(14-17)19(21)22/h15-18H,4-14H2,1-3H3,(H,21,22). The molecule has 0 amide bonds. The average molecular weight is 341 g/mol. The molecule has 24 heavy (non-hydrogen) atoms. The molecule has 1 rings (SSSR count). The van der Waals surface area contributed by atoms with Gasteiger partial charge in [-0.25, -0.2) is 0 Å². The number of unbranched alkanes of at least 4 members (excludes halogenated alkanes) is 1. The van der Waals surface area contributed by atoms with Gasteiger partial charge in [0.2, 0.25) is 0 Å². The van der Waals surface area contributed by atoms with Crippen molar-refractivity contribution >= 4 is 11.9 Å². The number of ether oxygens (including phenoxy) is 1. The van der Waals surface area contributed by atoms with Crippen molar-refractivity contribution in [1.82, 2.24) is 0 Å². The number of hydrogen-bond donors (Lipinski definition) is 1. The number of esters is 1. The highest BCUT2D eigenvalue weighted by atomic mass is 16.5. The molecule has 0 aromatic carbocycles. The SMILES string of the molecule is CCCCC(CC)CC(CCC)OC(=O)C1CCCC(C(=O)O)C1. The summed E-state index contributed by atoms with van der Waals surface area (Å²) in [6, 6.07) is 0. The highest BCUT2D eigenvalue weighted by Crippen LogP contribution is 2.31. The van der Waals surface area contributed by atoms with Gasteiger partial charge in [-0.2, -0.15) is 0 Å². The molecule has 0 aromatic heterocycles. The van der Waals surface area contributed by atoms with Gasteiger partial charge >= 0.3 is 11.9 Å². The number of carbonyl (C=O) groups excluding carboxylic acids is 1. The van der Waals surface area contributed by atoms with Crippen molar-refractivity contribution in [1.29, 1.82) is 0 Å². The first-order valence-corrected chi connectivity index (χ1v) is 9.94. The van der Waals surface area contributed by atoms with Gasteiger partial charge in [0.25, 0.3) is 0 Å². The van der Waals surface area contributed by atoms with Gasteiger partial charge in [-0.15, -0.1) is 0 Å². The van der Waals surface area contributed by atoms with Crippen LogP contribution in [-0.4, -0.2) is 23.1 Å². The molecule has 4 heteroatoms. The molecule has 0 saturated heterocycles. The Morgan fingerprint density at radius 3 is 2.38 bits per heavy atom. The lowest BCUT2D eigenvalue weighted by molar-refractivity contribution is -0.158. The van der Waals surface area contributed by atoms with Crippen LogP contribution < -0.4 is 0 Å². The first kappa shape index (κ1) is 21.0. The largest absolute Gasteiger partial charge is 0.481 e. The molecule has 1 aliphatic carbocycles. The molecule has 0 aliphatic heterocycles. The van der Waals surface area contributed by atoms with Gasteiger partial charge in [0.1, 0.15) is 6.10 Å². The molecule has 0 spiro atoms. The van der Waals surface area contributed by atoms with Crippen molar-refractivity contribution in [3.8, 4) is 0 Å². The fourth-order valence-electron chi connectivity index (χ4n) is 3.79. The molecule has 4 atom stereocenters. The highest BCUT2D eigenvalue weighted by Gasteiger charge is 2.33. The molecular formula is C20H36O4. The molecule has 4 unspecified atom stereocenters. The van der Waals surface area contributed by atoms with Crippen LogP contribution in [0.3, 0.4) is 0 Å². The zero-order valence-corrected chi connectivity index (χ0v) is 15.8. The molecule has 1 aliphatic rings. The van der Waals surface area contributed by atoms with Crippen LogP contribution in [-0.2, 0) is 14.3 Å². The number of hydrogen-bond acceptors (Lipinski definition) is 3. The molecule has 0 bridgehead atoms. The van der Waals surface area contributed by atoms with Gasteiger partial charge in [0, 0.05) is 0 Å². The lowest BCUT2D eigenvalue weighted by atomic mass is 9.81. The Kier molecular flexibility index (Phi) is 10.0. The van der Waals surface area contributed by atoms with Gasteiger partial charge in [0.15, 0.2) is 0 Å². The summed E-state index contributed by atoms with van der Waals surface area (Å²) in [4.78, 5) is 23.7. The van der Waals surface area contributed by atoms with E-state index in [1.807, 2.05) is 0 Å². The van der Waals surface area contributed by atoms with Crippen LogP contribution in [0.2, 0.25) is 0 Å². The fraction of sp³-hybridized carbons (Fsp3) is 0.900. The van der Waals surface area contributed by atoms with E-state index < -0.39 is 5.97 Å². The van der Waals surface area contributed by atoms with Crippen molar-refractivity contribution in [3.05, 3.63) is 0 Å². The number of carboxylic acid groups (broad SMARTS) is 1. The maximum Gasteiger partial charge on any atom is 0.309 e. The summed E-state index contributed by atoms with van der Waals surface area (Å²) < 4.78 is 5.84. The van der Waals surface area contributed by atoms with Crippen molar-refractivity contribution in [2.24, 2.45) is 17.8 Å². The van der Waals surface area contributed by atoms with E-state index in [4.69, 9.17) is 4.74 Å². The second kappa shape index (κ2) is 11.5. The van der Waals surface area contributed by atoms with Gasteiger partial charge in [-0.05, 0) is 38.0 Å². The average Bonchev–Trinajstić information content (AvgIpc) is 2.58. The van der Waals surface area contributed by atoms with Gasteiger partial charge in [0.05, 0.1) is 11.8 Å². The first-order chi connectivity index (χ1) is 11.5. The Morgan fingerprint density at radius 2 is 1.79 bits per heavy atom. The van der Waals surface area contributed by atoms with Gasteiger partial charge < -0.3 is 9.84 Å². The van der Waals surface area contributed by atoms with Crippen LogP contribution in [0.1, 0.15) is 91.4 Å². The van der Waals surface area contributed by atoms with Crippen LogP contribution in [0, 0.1) is 17.8 Å². The molecule has 140 valence electrons. The molecule has 1 saturated carbocycles. The van der Waals surface area contributed by atoms with E-state index >= 15 is 0 Å². The number of carboxylic acids is 1. The normalized spacial score (nSPS) is 23.5. The second-order valence-electron chi connectivity index (χ2n) is 7.40. The van der Waals surface area contributed by atoms with Crippen molar-refractivity contribution in [2.75, 3.05) is 0 Å². The zero-order valence-electron chi connectivity index (χ0n) is 15.8. The number of carbonyl (C=O) groups is 2. The van der Waals surface area contributed by atoms with Crippen LogP contribution in [0.5, 0.6) is 0 Å². The van der Waals surface area contributed by atoms with Crippen LogP contribution >= 0.6 is 0 Å². The van der Waals surface area contributed by atoms with E-state index in [0.29, 0.717) is 18.8 Å². The quantitative estimate of drug-likeness (QED) is 0.525. The summed E-state index contributed by atoms with van der Waals surface area (Å²) in [5.74, 6) is -0.927. The van der Waals surface area contributed by atoms with Gasteiger partial charge in [-0.3, -0.25) is 9.59 Å². The summed E-state index contributed by atoms with van der Waals surface area (Å²) in [6.45, 7) is 6.54. The van der Waals surface area contributed by atoms with Crippen LogP contribution in [0.4, 0.5) is 0 Å². The van der Waals surface area contributed by atoms with Crippen LogP contribution in [0.25, 0.3) is 0 Å². The molecule has 1 N–H and O–H groups in total. The third kappa shape index (κ3) is 7.23. The Labute approximate surface area is 147 Å². The fourth-order valence-corrected chi connectivity index (χ4v) is 3.79. The zero-order chi connectivity index (χ0) is 17.9. The lowest BCUT2D eigenvalue weighted by Gasteiger charge is -2.28. The third-order valence-electron chi connectivity index (χ3n) is 5.39. The van der Waals surface area contributed by atoms with E-state index in [0.717, 1.165) is 38.5 Å². The summed E-state index contributed by atoms with van der Waals surface area (Å²) in [5, 5.41) is 9.19. The summed E-state index contributed by atoms with van der Waals surface area (Å²) in [5.41, 5.74) is 0. The van der Waals surface area contributed by atoms with Gasteiger partial charge in [-0.1, -0.05) is 59.3 Å². The third-order valence-corrected chi connectivity index (χ3v) is 5.39. The lowest BCUT2D eigenvalue weighted by Crippen LogP contribution is -2.31. The molecule has 4 nitrogen and oxygen atoms in total. The Balaban J connectivity index is 2.56. The summed E-state index contributed by atoms with van der Waals surface area (Å²) in [7, 11) is 0. The van der Waals surface area contributed by atoms with Crippen molar-refractivity contribution in [3.63, 3.8) is 0 Å². The maximum absolute atomic E-state index is 12.5. The Hall–Kier alpha value is -1.06. The molecule has 0 heterocycles. The summed E-state index contributed by atoms with van der Waals surface area (Å²) >= 11 is 0. The highest BCUT2D eigenvalue weighted by molar-refractivity contribution is 5.75. The summed E-state index contributed by atoms with van der Waals surface area (Å²) in [6.07, 6.45) is 10.3. The van der Waals surface area contributed by atoms with E-state index in [-0.39, 0.29) is 23.9 Å². The van der Waals surface area contributed by atoms with E-state index in [1.165, 1.54) is 19.3 Å². The van der Waals surface area contributed by atoms with Crippen molar-refractivity contribution in [2.45, 2.75) is 97.5 Å². The predicted octanol–water partition coefficient (Wildman–Crippen LogP) is 5.20.